The third-order valence-electron chi connectivity index (χ3n) is 2.30. The second-order valence-corrected chi connectivity index (χ2v) is 3.74. The van der Waals surface area contributed by atoms with E-state index >= 15 is 0 Å². The van der Waals surface area contributed by atoms with Crippen LogP contribution in [0.4, 0.5) is 0 Å². The van der Waals surface area contributed by atoms with Crippen molar-refractivity contribution >= 4 is 6.29 Å². The van der Waals surface area contributed by atoms with E-state index in [-0.39, 0.29) is 0 Å². The zero-order chi connectivity index (χ0) is 11.5. The molecule has 2 aromatic rings. The van der Waals surface area contributed by atoms with E-state index in [2.05, 4.69) is 9.97 Å². The number of aryl methyl sites for hydroxylation is 2. The Kier molecular flexibility index (Phi) is 2.77. The molecule has 3 heteroatoms. The lowest BCUT2D eigenvalue weighted by Gasteiger charge is -2.02. The average Bonchev–Trinajstić information content (AvgIpc) is 2.29. The van der Waals surface area contributed by atoms with Crippen LogP contribution in [0.2, 0.25) is 0 Å². The van der Waals surface area contributed by atoms with Crippen LogP contribution in [0.15, 0.2) is 30.3 Å². The molecule has 80 valence electrons. The Labute approximate surface area is 94.2 Å². The Hall–Kier alpha value is -2.03. The molecule has 1 heterocycles. The summed E-state index contributed by atoms with van der Waals surface area (Å²) in [6.45, 7) is 3.88. The van der Waals surface area contributed by atoms with Crippen LogP contribution in [0, 0.1) is 13.8 Å². The molecule has 1 aromatic carbocycles. The number of aromatic nitrogens is 2. The van der Waals surface area contributed by atoms with Crippen LogP contribution in [0.5, 0.6) is 0 Å². The van der Waals surface area contributed by atoms with E-state index in [0.717, 1.165) is 17.5 Å². The van der Waals surface area contributed by atoms with Crippen LogP contribution in [-0.4, -0.2) is 16.3 Å². The fourth-order valence-corrected chi connectivity index (χ4v) is 1.49. The molecule has 16 heavy (non-hydrogen) atoms. The largest absolute Gasteiger partial charge is 0.296 e. The summed E-state index contributed by atoms with van der Waals surface area (Å²) >= 11 is 0. The molecule has 0 saturated carbocycles. The maximum atomic E-state index is 10.7. The molecule has 0 radical (unpaired) electrons. The van der Waals surface area contributed by atoms with Gasteiger partial charge < -0.3 is 0 Å². The fraction of sp³-hybridized carbons (Fsp3) is 0.154. The van der Waals surface area contributed by atoms with Crippen molar-refractivity contribution < 1.29 is 4.79 Å². The highest BCUT2D eigenvalue weighted by Gasteiger charge is 2.03. The minimum absolute atomic E-state index is 0.420. The zero-order valence-corrected chi connectivity index (χ0v) is 9.27. The van der Waals surface area contributed by atoms with E-state index in [1.807, 2.05) is 38.1 Å². The Morgan fingerprint density at radius 2 is 1.75 bits per heavy atom. The molecule has 0 N–H and O–H groups in total. The number of hydrogen-bond acceptors (Lipinski definition) is 3. The Morgan fingerprint density at radius 3 is 2.38 bits per heavy atom. The van der Waals surface area contributed by atoms with Crippen molar-refractivity contribution in [2.24, 2.45) is 0 Å². The van der Waals surface area contributed by atoms with Crippen LogP contribution in [0.1, 0.15) is 21.7 Å². The van der Waals surface area contributed by atoms with Gasteiger partial charge in [0, 0.05) is 11.3 Å². The van der Waals surface area contributed by atoms with Gasteiger partial charge in [-0.2, -0.15) is 0 Å². The number of benzene rings is 1. The average molecular weight is 212 g/mol. The van der Waals surface area contributed by atoms with E-state index in [4.69, 9.17) is 0 Å². The second-order valence-electron chi connectivity index (χ2n) is 3.74. The molecular weight excluding hydrogens is 200 g/mol. The van der Waals surface area contributed by atoms with E-state index in [1.165, 1.54) is 5.56 Å². The van der Waals surface area contributed by atoms with Gasteiger partial charge in [0.25, 0.3) is 0 Å². The first-order chi connectivity index (χ1) is 7.69. The SMILES string of the molecule is Cc1ccc(-c2nc(C)cc(C=O)n2)cc1. The molecule has 0 fully saturated rings. The van der Waals surface area contributed by atoms with Crippen LogP contribution >= 0.6 is 0 Å². The number of nitrogens with zero attached hydrogens (tertiary/aromatic N) is 2. The van der Waals surface area contributed by atoms with Gasteiger partial charge in [-0.15, -0.1) is 0 Å². The molecular formula is C13H12N2O. The van der Waals surface area contributed by atoms with Crippen LogP contribution < -0.4 is 0 Å². The Morgan fingerprint density at radius 1 is 1.06 bits per heavy atom. The lowest BCUT2D eigenvalue weighted by Crippen LogP contribution is -1.96. The van der Waals surface area contributed by atoms with Gasteiger partial charge in [0.2, 0.25) is 0 Å². The standard InChI is InChI=1S/C13H12N2O/c1-9-3-5-11(6-4-9)13-14-10(2)7-12(8-16)15-13/h3-8H,1-2H3. The van der Waals surface area contributed by atoms with Crippen molar-refractivity contribution in [1.29, 1.82) is 0 Å². The number of rotatable bonds is 2. The summed E-state index contributed by atoms with van der Waals surface area (Å²) in [5.74, 6) is 0.599. The summed E-state index contributed by atoms with van der Waals surface area (Å²) in [4.78, 5) is 19.2. The zero-order valence-electron chi connectivity index (χ0n) is 9.27. The van der Waals surface area contributed by atoms with Gasteiger partial charge >= 0.3 is 0 Å². The van der Waals surface area contributed by atoms with Crippen molar-refractivity contribution in [1.82, 2.24) is 9.97 Å². The van der Waals surface area contributed by atoms with Crippen molar-refractivity contribution in [3.63, 3.8) is 0 Å². The minimum atomic E-state index is 0.420. The predicted molar refractivity (Wildman–Crippen MR) is 62.3 cm³/mol. The molecule has 0 bridgehead atoms. The summed E-state index contributed by atoms with van der Waals surface area (Å²) in [6, 6.07) is 9.59. The summed E-state index contributed by atoms with van der Waals surface area (Å²) < 4.78 is 0. The first-order valence-electron chi connectivity index (χ1n) is 5.07. The summed E-state index contributed by atoms with van der Waals surface area (Å²) in [5.41, 5.74) is 3.33. The second kappa shape index (κ2) is 4.23. The highest BCUT2D eigenvalue weighted by atomic mass is 16.1. The van der Waals surface area contributed by atoms with Gasteiger partial charge in [-0.25, -0.2) is 9.97 Å². The fourth-order valence-electron chi connectivity index (χ4n) is 1.49. The number of hydrogen-bond donors (Lipinski definition) is 0. The third kappa shape index (κ3) is 2.14. The minimum Gasteiger partial charge on any atom is -0.296 e. The van der Waals surface area contributed by atoms with Crippen molar-refractivity contribution in [2.45, 2.75) is 13.8 Å². The van der Waals surface area contributed by atoms with Gasteiger partial charge in [0.1, 0.15) is 5.69 Å². The van der Waals surface area contributed by atoms with Gasteiger partial charge in [-0.1, -0.05) is 29.8 Å². The maximum Gasteiger partial charge on any atom is 0.168 e. The smallest absolute Gasteiger partial charge is 0.168 e. The molecule has 0 atom stereocenters. The Bertz CT molecular complexity index is 518. The molecule has 0 aliphatic carbocycles. The van der Waals surface area contributed by atoms with Crippen LogP contribution in [0.25, 0.3) is 11.4 Å². The summed E-state index contributed by atoms with van der Waals surface area (Å²) in [7, 11) is 0. The summed E-state index contributed by atoms with van der Waals surface area (Å²) in [6.07, 6.45) is 0.742. The van der Waals surface area contributed by atoms with Gasteiger partial charge in [-0.3, -0.25) is 4.79 Å². The van der Waals surface area contributed by atoms with E-state index in [1.54, 1.807) is 6.07 Å². The van der Waals surface area contributed by atoms with E-state index in [0.29, 0.717) is 11.5 Å². The highest BCUT2D eigenvalue weighted by molar-refractivity contribution is 5.73. The molecule has 0 aliphatic rings. The van der Waals surface area contributed by atoms with Gasteiger partial charge in [0.05, 0.1) is 0 Å². The van der Waals surface area contributed by atoms with Crippen molar-refractivity contribution in [2.75, 3.05) is 0 Å². The predicted octanol–water partition coefficient (Wildman–Crippen LogP) is 2.57. The molecule has 0 unspecified atom stereocenters. The molecule has 0 aliphatic heterocycles. The van der Waals surface area contributed by atoms with Crippen molar-refractivity contribution in [3.8, 4) is 11.4 Å². The monoisotopic (exact) mass is 212 g/mol. The molecule has 3 nitrogen and oxygen atoms in total. The lowest BCUT2D eigenvalue weighted by atomic mass is 10.1. The lowest BCUT2D eigenvalue weighted by molar-refractivity contribution is 0.111. The highest BCUT2D eigenvalue weighted by Crippen LogP contribution is 2.16. The summed E-state index contributed by atoms with van der Waals surface area (Å²) in [5, 5.41) is 0. The molecule has 2 rings (SSSR count). The van der Waals surface area contributed by atoms with Crippen molar-refractivity contribution in [3.05, 3.63) is 47.3 Å². The quantitative estimate of drug-likeness (QED) is 0.718. The van der Waals surface area contributed by atoms with E-state index < -0.39 is 0 Å². The molecule has 1 aromatic heterocycles. The van der Waals surface area contributed by atoms with Crippen LogP contribution in [-0.2, 0) is 0 Å². The first kappa shape index (κ1) is 10.5. The van der Waals surface area contributed by atoms with E-state index in [9.17, 15) is 4.79 Å². The normalized spacial score (nSPS) is 10.1. The number of carbonyl (C=O) groups excluding carboxylic acids is 1. The Balaban J connectivity index is 2.51. The number of carbonyl (C=O) groups is 1. The maximum absolute atomic E-state index is 10.7. The first-order valence-corrected chi connectivity index (χ1v) is 5.07. The molecule has 0 spiro atoms. The van der Waals surface area contributed by atoms with Gasteiger partial charge in [-0.05, 0) is 19.9 Å². The topological polar surface area (TPSA) is 42.9 Å². The molecule has 0 saturated heterocycles. The third-order valence-corrected chi connectivity index (χ3v) is 2.30. The van der Waals surface area contributed by atoms with Gasteiger partial charge in [0.15, 0.2) is 12.1 Å². The number of aldehydes is 1. The van der Waals surface area contributed by atoms with Crippen LogP contribution in [0.3, 0.4) is 0 Å². The molecule has 0 amide bonds.